The molecular formula is C23H28N6O3. The van der Waals surface area contributed by atoms with Gasteiger partial charge < -0.3 is 19.6 Å². The van der Waals surface area contributed by atoms with E-state index < -0.39 is 5.69 Å². The van der Waals surface area contributed by atoms with Gasteiger partial charge >= 0.3 is 5.69 Å². The number of nitrogens with zero attached hydrogens (tertiary/aromatic N) is 5. The SMILES string of the molecule is Cc1ccc2c(c1)cc(Cn1c(=O)c3c(nc(N[C@H]4CC[C@@H](O)C4)n3C)n(C)c1=O)n2C. The van der Waals surface area contributed by atoms with Gasteiger partial charge in [0.05, 0.1) is 12.6 Å². The lowest BCUT2D eigenvalue weighted by Crippen LogP contribution is -2.40. The first kappa shape index (κ1) is 20.6. The smallest absolute Gasteiger partial charge is 0.332 e. The number of aryl methyl sites for hydroxylation is 4. The van der Waals surface area contributed by atoms with Crippen molar-refractivity contribution in [1.29, 1.82) is 0 Å². The molecule has 4 aromatic rings. The Labute approximate surface area is 184 Å². The molecule has 2 atom stereocenters. The molecule has 0 bridgehead atoms. The van der Waals surface area contributed by atoms with Crippen LogP contribution < -0.4 is 16.6 Å². The van der Waals surface area contributed by atoms with Gasteiger partial charge in [0.2, 0.25) is 5.95 Å². The number of rotatable bonds is 4. The minimum absolute atomic E-state index is 0.0963. The second kappa shape index (κ2) is 7.37. The van der Waals surface area contributed by atoms with E-state index >= 15 is 0 Å². The number of fused-ring (bicyclic) bond motifs is 2. The summed E-state index contributed by atoms with van der Waals surface area (Å²) in [4.78, 5) is 31.1. The molecule has 9 heteroatoms. The van der Waals surface area contributed by atoms with Crippen LogP contribution in [0.1, 0.15) is 30.5 Å². The van der Waals surface area contributed by atoms with Gasteiger partial charge in [-0.2, -0.15) is 4.98 Å². The summed E-state index contributed by atoms with van der Waals surface area (Å²) in [6.45, 7) is 2.22. The van der Waals surface area contributed by atoms with Crippen LogP contribution in [0.15, 0.2) is 33.9 Å². The Hall–Kier alpha value is -3.33. The standard InChI is InChI=1S/C23H28N6O3/c1-13-5-8-18-14(9-13)10-16(26(18)2)12-29-21(31)19-20(28(4)23(29)32)25-22(27(19)3)24-15-6-7-17(30)11-15/h5,8-10,15,17,30H,6-7,11-12H2,1-4H3,(H,24,25)/t15-,17+/m0/s1. The lowest BCUT2D eigenvalue weighted by Gasteiger charge is -2.12. The summed E-state index contributed by atoms with van der Waals surface area (Å²) < 4.78 is 6.43. The van der Waals surface area contributed by atoms with Crippen LogP contribution in [-0.4, -0.2) is 40.5 Å². The summed E-state index contributed by atoms with van der Waals surface area (Å²) in [7, 11) is 5.36. The van der Waals surface area contributed by atoms with E-state index in [1.807, 2.05) is 24.6 Å². The molecular weight excluding hydrogens is 408 g/mol. The molecule has 0 radical (unpaired) electrons. The van der Waals surface area contributed by atoms with E-state index in [0.29, 0.717) is 23.5 Å². The molecule has 1 fully saturated rings. The highest BCUT2D eigenvalue weighted by Gasteiger charge is 2.25. The molecule has 0 unspecified atom stereocenters. The number of aromatic nitrogens is 5. The monoisotopic (exact) mass is 436 g/mol. The Bertz CT molecular complexity index is 1470. The summed E-state index contributed by atoms with van der Waals surface area (Å²) >= 11 is 0. The summed E-state index contributed by atoms with van der Waals surface area (Å²) in [6, 6.07) is 8.33. The third-order valence-electron chi connectivity index (χ3n) is 6.72. The van der Waals surface area contributed by atoms with Crippen LogP contribution >= 0.6 is 0 Å². The lowest BCUT2D eigenvalue weighted by atomic mass is 10.2. The molecule has 5 rings (SSSR count). The molecule has 3 aromatic heterocycles. The maximum absolute atomic E-state index is 13.4. The average Bonchev–Trinajstić information content (AvgIpc) is 3.40. The fraction of sp³-hybridized carbons (Fsp3) is 0.435. The Morgan fingerprint density at radius 1 is 1.09 bits per heavy atom. The Morgan fingerprint density at radius 2 is 1.88 bits per heavy atom. The van der Waals surface area contributed by atoms with Gasteiger partial charge in [0.25, 0.3) is 5.56 Å². The summed E-state index contributed by atoms with van der Waals surface area (Å²) in [5.74, 6) is 0.532. The van der Waals surface area contributed by atoms with Gasteiger partial charge in [-0.25, -0.2) is 4.79 Å². The molecule has 1 saturated carbocycles. The van der Waals surface area contributed by atoms with Crippen molar-refractivity contribution in [2.24, 2.45) is 21.1 Å². The maximum Gasteiger partial charge on any atom is 0.332 e. The van der Waals surface area contributed by atoms with E-state index in [1.165, 1.54) is 9.13 Å². The van der Waals surface area contributed by atoms with Crippen molar-refractivity contribution in [2.75, 3.05) is 5.32 Å². The number of anilines is 1. The average molecular weight is 437 g/mol. The summed E-state index contributed by atoms with van der Waals surface area (Å²) in [5.41, 5.74) is 3.07. The van der Waals surface area contributed by atoms with E-state index in [4.69, 9.17) is 0 Å². The van der Waals surface area contributed by atoms with Gasteiger partial charge in [-0.05, 0) is 44.4 Å². The van der Waals surface area contributed by atoms with Crippen LogP contribution in [0.5, 0.6) is 0 Å². The van der Waals surface area contributed by atoms with Crippen molar-refractivity contribution >= 4 is 28.0 Å². The van der Waals surface area contributed by atoms with E-state index in [-0.39, 0.29) is 24.2 Å². The van der Waals surface area contributed by atoms with Crippen LogP contribution in [0, 0.1) is 6.92 Å². The zero-order valence-corrected chi connectivity index (χ0v) is 18.8. The van der Waals surface area contributed by atoms with Crippen molar-refractivity contribution in [3.05, 3.63) is 56.4 Å². The maximum atomic E-state index is 13.4. The fourth-order valence-electron chi connectivity index (χ4n) is 4.82. The molecule has 0 spiro atoms. The molecule has 168 valence electrons. The highest BCUT2D eigenvalue weighted by molar-refractivity contribution is 5.82. The second-order valence-corrected chi connectivity index (χ2v) is 8.96. The molecule has 32 heavy (non-hydrogen) atoms. The number of hydrogen-bond acceptors (Lipinski definition) is 5. The highest BCUT2D eigenvalue weighted by atomic mass is 16.3. The van der Waals surface area contributed by atoms with Crippen LogP contribution in [0.4, 0.5) is 5.95 Å². The zero-order chi connectivity index (χ0) is 22.7. The van der Waals surface area contributed by atoms with Gasteiger partial charge in [-0.1, -0.05) is 11.6 Å². The Kier molecular flexibility index (Phi) is 4.74. The van der Waals surface area contributed by atoms with E-state index in [9.17, 15) is 14.7 Å². The zero-order valence-electron chi connectivity index (χ0n) is 18.8. The Balaban J connectivity index is 1.60. The molecule has 3 heterocycles. The largest absolute Gasteiger partial charge is 0.393 e. The molecule has 0 aliphatic heterocycles. The minimum atomic E-state index is -0.398. The lowest BCUT2D eigenvalue weighted by molar-refractivity contribution is 0.182. The van der Waals surface area contributed by atoms with Crippen molar-refractivity contribution in [2.45, 2.75) is 44.9 Å². The highest BCUT2D eigenvalue weighted by Crippen LogP contribution is 2.24. The number of benzene rings is 1. The first-order valence-corrected chi connectivity index (χ1v) is 10.9. The number of nitrogens with one attached hydrogen (secondary N) is 1. The van der Waals surface area contributed by atoms with Crippen molar-refractivity contribution < 1.29 is 5.11 Å². The molecule has 1 aromatic carbocycles. The van der Waals surface area contributed by atoms with Gasteiger partial charge in [0.1, 0.15) is 0 Å². The van der Waals surface area contributed by atoms with Crippen LogP contribution in [0.25, 0.3) is 22.1 Å². The van der Waals surface area contributed by atoms with E-state index in [1.54, 1.807) is 18.7 Å². The summed E-state index contributed by atoms with van der Waals surface area (Å²) in [6.07, 6.45) is 1.92. The van der Waals surface area contributed by atoms with E-state index in [0.717, 1.165) is 35.0 Å². The molecule has 9 nitrogen and oxygen atoms in total. The van der Waals surface area contributed by atoms with Crippen molar-refractivity contribution in [3.8, 4) is 0 Å². The van der Waals surface area contributed by atoms with Gasteiger partial charge in [-0.3, -0.25) is 13.9 Å². The summed E-state index contributed by atoms with van der Waals surface area (Å²) in [5, 5.41) is 14.2. The quantitative estimate of drug-likeness (QED) is 0.506. The molecule has 0 amide bonds. The predicted molar refractivity (Wildman–Crippen MR) is 124 cm³/mol. The second-order valence-electron chi connectivity index (χ2n) is 8.96. The number of imidazole rings is 1. The van der Waals surface area contributed by atoms with Crippen molar-refractivity contribution in [3.63, 3.8) is 0 Å². The number of aliphatic hydroxyl groups is 1. The molecule has 2 N–H and O–H groups in total. The van der Waals surface area contributed by atoms with Crippen LogP contribution in [-0.2, 0) is 27.7 Å². The first-order valence-electron chi connectivity index (χ1n) is 10.9. The van der Waals surface area contributed by atoms with Gasteiger partial charge in [0, 0.05) is 43.8 Å². The predicted octanol–water partition coefficient (Wildman–Crippen LogP) is 1.61. The number of aliphatic hydroxyl groups excluding tert-OH is 1. The topological polar surface area (TPSA) is 99.0 Å². The van der Waals surface area contributed by atoms with Crippen LogP contribution in [0.2, 0.25) is 0 Å². The molecule has 1 aliphatic carbocycles. The minimum Gasteiger partial charge on any atom is -0.393 e. The number of hydrogen-bond donors (Lipinski definition) is 2. The van der Waals surface area contributed by atoms with Crippen LogP contribution in [0.3, 0.4) is 0 Å². The van der Waals surface area contributed by atoms with E-state index in [2.05, 4.69) is 28.5 Å². The Morgan fingerprint density at radius 3 is 2.59 bits per heavy atom. The van der Waals surface area contributed by atoms with Crippen molar-refractivity contribution in [1.82, 2.24) is 23.3 Å². The molecule has 1 aliphatic rings. The third kappa shape index (κ3) is 3.15. The first-order chi connectivity index (χ1) is 15.2. The molecule has 0 saturated heterocycles. The normalized spacial score (nSPS) is 18.8. The van der Waals surface area contributed by atoms with Gasteiger partial charge in [-0.15, -0.1) is 0 Å². The van der Waals surface area contributed by atoms with Gasteiger partial charge in [0.15, 0.2) is 11.2 Å². The third-order valence-corrected chi connectivity index (χ3v) is 6.72. The fourth-order valence-corrected chi connectivity index (χ4v) is 4.82.